The summed E-state index contributed by atoms with van der Waals surface area (Å²) in [5, 5.41) is 0. The second-order valence-electron chi connectivity index (χ2n) is 3.33. The summed E-state index contributed by atoms with van der Waals surface area (Å²) in [6, 6.07) is 0.884. The monoisotopic (exact) mass is 159 g/mol. The third-order valence-corrected chi connectivity index (χ3v) is 2.21. The zero-order valence-electron chi connectivity index (χ0n) is 8.65. The Bertz CT molecular complexity index is 91.6. The summed E-state index contributed by atoms with van der Waals surface area (Å²) in [4.78, 5) is 4.00. The van der Waals surface area contributed by atoms with Gasteiger partial charge in [-0.05, 0) is 7.05 Å². The zero-order chi connectivity index (χ0) is 8.85. The number of rotatable bonds is 1. The first-order valence-electron chi connectivity index (χ1n) is 4.68. The lowest BCUT2D eigenvalue weighted by Crippen LogP contribution is -3.10. The van der Waals surface area contributed by atoms with Crippen molar-refractivity contribution < 1.29 is 4.90 Å². The van der Waals surface area contributed by atoms with Crippen molar-refractivity contribution in [2.75, 3.05) is 34.2 Å². The van der Waals surface area contributed by atoms with Crippen molar-refractivity contribution in [2.45, 2.75) is 26.3 Å². The molecular formula is C9H23N2+. The minimum absolute atomic E-state index is 0.884. The molecule has 0 bridgehead atoms. The molecule has 0 saturated carbocycles. The molecule has 11 heavy (non-hydrogen) atoms. The number of likely N-dealkylation sites (tertiary alicyclic amines) is 1. The van der Waals surface area contributed by atoms with Crippen molar-refractivity contribution in [3.05, 3.63) is 0 Å². The molecule has 1 atom stereocenters. The molecular weight excluding hydrogens is 136 g/mol. The Hall–Kier alpha value is -0.0800. The van der Waals surface area contributed by atoms with Crippen molar-refractivity contribution in [1.29, 1.82) is 0 Å². The average molecular weight is 159 g/mol. The van der Waals surface area contributed by atoms with Gasteiger partial charge < -0.3 is 9.80 Å². The Labute approximate surface area is 71.2 Å². The normalized spacial score (nSPS) is 25.1. The van der Waals surface area contributed by atoms with Gasteiger partial charge in [0.2, 0.25) is 0 Å². The van der Waals surface area contributed by atoms with Gasteiger partial charge in [0.1, 0.15) is 6.04 Å². The van der Waals surface area contributed by atoms with E-state index < -0.39 is 0 Å². The predicted octanol–water partition coefficient (Wildman–Crippen LogP) is -0.139. The quantitative estimate of drug-likeness (QED) is 0.560. The first-order chi connectivity index (χ1) is 5.20. The lowest BCUT2D eigenvalue weighted by molar-refractivity contribution is -0.883. The zero-order valence-corrected chi connectivity index (χ0v) is 8.65. The minimum atomic E-state index is 0.884. The van der Waals surface area contributed by atoms with E-state index in [1.54, 1.807) is 4.90 Å². The van der Waals surface area contributed by atoms with Crippen LogP contribution in [0, 0.1) is 0 Å². The third-order valence-electron chi connectivity index (χ3n) is 2.21. The van der Waals surface area contributed by atoms with Crippen LogP contribution in [0.5, 0.6) is 0 Å². The van der Waals surface area contributed by atoms with Gasteiger partial charge in [-0.3, -0.25) is 0 Å². The van der Waals surface area contributed by atoms with Crippen molar-refractivity contribution in [2.24, 2.45) is 0 Å². The van der Waals surface area contributed by atoms with Crippen molar-refractivity contribution in [1.82, 2.24) is 4.90 Å². The highest BCUT2D eigenvalue weighted by Gasteiger charge is 2.23. The van der Waals surface area contributed by atoms with E-state index in [4.69, 9.17) is 0 Å². The van der Waals surface area contributed by atoms with Gasteiger partial charge in [0.25, 0.3) is 0 Å². The molecule has 0 aromatic carbocycles. The highest BCUT2D eigenvalue weighted by Crippen LogP contribution is 2.01. The maximum atomic E-state index is 2.40. The van der Waals surface area contributed by atoms with Gasteiger partial charge in [-0.2, -0.15) is 0 Å². The van der Waals surface area contributed by atoms with E-state index in [-0.39, 0.29) is 0 Å². The Morgan fingerprint density at radius 2 is 1.82 bits per heavy atom. The summed E-state index contributed by atoms with van der Waals surface area (Å²) in [5.74, 6) is 0. The second-order valence-corrected chi connectivity index (χ2v) is 3.33. The van der Waals surface area contributed by atoms with Gasteiger partial charge >= 0.3 is 0 Å². The smallest absolute Gasteiger partial charge is 0.101 e. The third kappa shape index (κ3) is 3.73. The first-order valence-corrected chi connectivity index (χ1v) is 4.68. The molecule has 1 rings (SSSR count). The minimum Gasteiger partial charge on any atom is -0.336 e. The van der Waals surface area contributed by atoms with Crippen LogP contribution in [0.1, 0.15) is 20.3 Å². The number of nitrogens with one attached hydrogen (secondary N) is 1. The van der Waals surface area contributed by atoms with E-state index >= 15 is 0 Å². The van der Waals surface area contributed by atoms with Crippen LogP contribution >= 0.6 is 0 Å². The second kappa shape index (κ2) is 5.56. The molecule has 1 aliphatic heterocycles. The molecule has 0 aromatic heterocycles. The predicted molar refractivity (Wildman–Crippen MR) is 50.1 cm³/mol. The maximum absolute atomic E-state index is 2.40. The van der Waals surface area contributed by atoms with Gasteiger partial charge in [0.15, 0.2) is 0 Å². The summed E-state index contributed by atoms with van der Waals surface area (Å²) in [6.45, 7) is 6.57. The molecule has 1 N–H and O–H groups in total. The van der Waals surface area contributed by atoms with Gasteiger partial charge in [0.05, 0.1) is 20.6 Å². The molecule has 2 heteroatoms. The Morgan fingerprint density at radius 3 is 2.00 bits per heavy atom. The standard InChI is InChI=1S/C7H16N2.C2H6/c1-8(2)7-4-5-9(3)6-7;1-2/h7H,4-6H2,1-3H3;1-2H3/p+1. The van der Waals surface area contributed by atoms with Crippen LogP contribution in [0.15, 0.2) is 0 Å². The summed E-state index contributed by atoms with van der Waals surface area (Å²) in [5.41, 5.74) is 0. The fourth-order valence-electron chi connectivity index (χ4n) is 1.41. The SMILES string of the molecule is CC.CN1CCC([NH+](C)C)C1. The molecule has 0 spiro atoms. The molecule has 0 amide bonds. The molecule has 1 aliphatic rings. The number of likely N-dealkylation sites (N-methyl/N-ethyl adjacent to an activating group) is 2. The van der Waals surface area contributed by atoms with E-state index in [1.807, 2.05) is 13.8 Å². The van der Waals surface area contributed by atoms with Crippen LogP contribution in [0.4, 0.5) is 0 Å². The molecule has 1 fully saturated rings. The van der Waals surface area contributed by atoms with E-state index in [0.29, 0.717) is 0 Å². The molecule has 1 unspecified atom stereocenters. The summed E-state index contributed by atoms with van der Waals surface area (Å²) >= 11 is 0. The topological polar surface area (TPSA) is 7.68 Å². The van der Waals surface area contributed by atoms with Crippen LogP contribution in [-0.4, -0.2) is 45.2 Å². The molecule has 0 radical (unpaired) electrons. The van der Waals surface area contributed by atoms with Gasteiger partial charge in [-0.1, -0.05) is 13.8 Å². The van der Waals surface area contributed by atoms with Crippen LogP contribution in [0.25, 0.3) is 0 Å². The molecule has 68 valence electrons. The van der Waals surface area contributed by atoms with Gasteiger partial charge in [-0.25, -0.2) is 0 Å². The number of hydrogen-bond acceptors (Lipinski definition) is 1. The van der Waals surface area contributed by atoms with E-state index in [0.717, 1.165) is 6.04 Å². The molecule has 1 saturated heterocycles. The van der Waals surface area contributed by atoms with Crippen LogP contribution in [-0.2, 0) is 0 Å². The maximum Gasteiger partial charge on any atom is 0.101 e. The Kier molecular flexibility index (Phi) is 5.51. The van der Waals surface area contributed by atoms with Crippen LogP contribution < -0.4 is 4.90 Å². The van der Waals surface area contributed by atoms with E-state index in [9.17, 15) is 0 Å². The van der Waals surface area contributed by atoms with Crippen LogP contribution in [0.3, 0.4) is 0 Å². The van der Waals surface area contributed by atoms with Crippen LogP contribution in [0.2, 0.25) is 0 Å². The lowest BCUT2D eigenvalue weighted by Gasteiger charge is -2.15. The van der Waals surface area contributed by atoms with Gasteiger partial charge in [-0.15, -0.1) is 0 Å². The largest absolute Gasteiger partial charge is 0.336 e. The number of nitrogens with zero attached hydrogens (tertiary/aromatic N) is 1. The molecule has 0 aromatic rings. The Morgan fingerprint density at radius 1 is 1.27 bits per heavy atom. The fraction of sp³-hybridized carbons (Fsp3) is 1.00. The summed E-state index contributed by atoms with van der Waals surface area (Å²) < 4.78 is 0. The summed E-state index contributed by atoms with van der Waals surface area (Å²) in [6.07, 6.45) is 1.37. The summed E-state index contributed by atoms with van der Waals surface area (Å²) in [7, 11) is 6.68. The Balaban J connectivity index is 0.000000461. The van der Waals surface area contributed by atoms with Crippen molar-refractivity contribution >= 4 is 0 Å². The lowest BCUT2D eigenvalue weighted by atomic mass is 10.2. The van der Waals surface area contributed by atoms with E-state index in [1.165, 1.54) is 19.5 Å². The van der Waals surface area contributed by atoms with E-state index in [2.05, 4.69) is 26.0 Å². The average Bonchev–Trinajstić information content (AvgIpc) is 2.40. The number of quaternary nitrogens is 1. The first kappa shape index (κ1) is 10.9. The molecule has 2 nitrogen and oxygen atoms in total. The fourth-order valence-corrected chi connectivity index (χ4v) is 1.41. The highest BCUT2D eigenvalue weighted by atomic mass is 15.2. The molecule has 0 aliphatic carbocycles. The highest BCUT2D eigenvalue weighted by molar-refractivity contribution is 4.70. The van der Waals surface area contributed by atoms with Gasteiger partial charge in [0, 0.05) is 13.0 Å². The van der Waals surface area contributed by atoms with Crippen molar-refractivity contribution in [3.63, 3.8) is 0 Å². The van der Waals surface area contributed by atoms with Crippen molar-refractivity contribution in [3.8, 4) is 0 Å². The number of hydrogen-bond donors (Lipinski definition) is 1. The molecule has 1 heterocycles.